The van der Waals surface area contributed by atoms with Crippen LogP contribution in [0.2, 0.25) is 0 Å². The molecule has 0 fully saturated rings. The van der Waals surface area contributed by atoms with Gasteiger partial charge < -0.3 is 19.9 Å². The average Bonchev–Trinajstić information content (AvgIpc) is 3.23. The highest BCUT2D eigenvalue weighted by Crippen LogP contribution is 2.62. The number of aryl methyl sites for hydroxylation is 1. The molecule has 8 aromatic rings. The number of para-hydroxylation sites is 8. The first kappa shape index (κ1) is 31.5. The Morgan fingerprint density at radius 1 is 0.463 bits per heavy atom. The zero-order valence-electron chi connectivity index (χ0n) is 29.7. The van der Waals surface area contributed by atoms with Gasteiger partial charge in [-0.3, -0.25) is 4.90 Å². The summed E-state index contributed by atoms with van der Waals surface area (Å²) in [5, 5.41) is 3.82. The molecule has 0 saturated carbocycles. The van der Waals surface area contributed by atoms with Gasteiger partial charge in [-0.1, -0.05) is 97.1 Å². The summed E-state index contributed by atoms with van der Waals surface area (Å²) in [5.41, 5.74) is 14.9. The van der Waals surface area contributed by atoms with Gasteiger partial charge in [0.05, 0.1) is 34.1 Å². The van der Waals surface area contributed by atoms with Crippen molar-refractivity contribution in [2.24, 2.45) is 0 Å². The summed E-state index contributed by atoms with van der Waals surface area (Å²) < 4.78 is 6.83. The number of ether oxygens (including phenoxy) is 1. The highest BCUT2D eigenvalue weighted by atomic mass is 16.5. The molecule has 0 aliphatic carbocycles. The van der Waals surface area contributed by atoms with Gasteiger partial charge in [-0.05, 0) is 121 Å². The monoisotopic (exact) mass is 696 g/mol. The van der Waals surface area contributed by atoms with Crippen LogP contribution in [0.15, 0.2) is 194 Å². The number of hydrogen-bond acceptors (Lipinski definition) is 5. The summed E-state index contributed by atoms with van der Waals surface area (Å²) in [6, 6.07) is 68.2. The second-order valence-corrected chi connectivity index (χ2v) is 13.6. The second kappa shape index (κ2) is 13.1. The molecule has 2 aliphatic heterocycles. The molecule has 1 N–H and O–H groups in total. The number of anilines is 11. The lowest BCUT2D eigenvalue weighted by Gasteiger charge is -2.43. The van der Waals surface area contributed by atoms with Crippen LogP contribution >= 0.6 is 0 Å². The standard InChI is InChI=1S/C49H36N4O/c1-34-30-35(31-41(50-37-18-6-2-7-19-37)48(34)51(38-20-8-3-9-21-38)39-22-10-4-11-23-39)36-32-45-49-47(33-36)54-46-29-17-16-28-44(46)53(49)43-27-15-14-26-42(43)52(45)40-24-12-5-13-25-40/h2-33,50H,1H3. The lowest BCUT2D eigenvalue weighted by atomic mass is 9.95. The van der Waals surface area contributed by atoms with Gasteiger partial charge in [0, 0.05) is 22.7 Å². The van der Waals surface area contributed by atoms with Crippen LogP contribution in [0.1, 0.15) is 5.56 Å². The summed E-state index contributed by atoms with van der Waals surface area (Å²) >= 11 is 0. The maximum Gasteiger partial charge on any atom is 0.154 e. The number of nitrogens with one attached hydrogen (secondary N) is 1. The van der Waals surface area contributed by atoms with Gasteiger partial charge in [0.25, 0.3) is 0 Å². The molecule has 0 bridgehead atoms. The van der Waals surface area contributed by atoms with Gasteiger partial charge in [-0.25, -0.2) is 0 Å². The maximum atomic E-state index is 6.83. The molecule has 0 radical (unpaired) electrons. The summed E-state index contributed by atoms with van der Waals surface area (Å²) in [7, 11) is 0. The molecule has 258 valence electrons. The fourth-order valence-electron chi connectivity index (χ4n) is 7.85. The van der Waals surface area contributed by atoms with Crippen LogP contribution in [-0.2, 0) is 0 Å². The largest absolute Gasteiger partial charge is 0.453 e. The van der Waals surface area contributed by atoms with Crippen molar-refractivity contribution in [1.82, 2.24) is 0 Å². The molecule has 5 nitrogen and oxygen atoms in total. The van der Waals surface area contributed by atoms with Crippen LogP contribution < -0.4 is 24.8 Å². The van der Waals surface area contributed by atoms with Crippen molar-refractivity contribution in [2.75, 3.05) is 20.0 Å². The highest BCUT2D eigenvalue weighted by molar-refractivity contribution is 6.07. The van der Waals surface area contributed by atoms with Gasteiger partial charge in [0.1, 0.15) is 5.69 Å². The van der Waals surface area contributed by atoms with E-state index in [1.54, 1.807) is 0 Å². The van der Waals surface area contributed by atoms with Crippen LogP contribution in [0.25, 0.3) is 11.1 Å². The third kappa shape index (κ3) is 5.33. The van der Waals surface area contributed by atoms with Crippen LogP contribution in [0.3, 0.4) is 0 Å². The molecule has 2 aliphatic rings. The van der Waals surface area contributed by atoms with Crippen LogP contribution in [0.4, 0.5) is 62.6 Å². The molecule has 0 spiro atoms. The van der Waals surface area contributed by atoms with E-state index in [0.717, 1.165) is 90.8 Å². The third-order valence-electron chi connectivity index (χ3n) is 10.2. The molecule has 0 saturated heterocycles. The van der Waals surface area contributed by atoms with Gasteiger partial charge >= 0.3 is 0 Å². The van der Waals surface area contributed by atoms with Gasteiger partial charge in [-0.2, -0.15) is 0 Å². The quantitative estimate of drug-likeness (QED) is 0.179. The molecule has 2 heterocycles. The number of rotatable bonds is 7. The lowest BCUT2D eigenvalue weighted by molar-refractivity contribution is 0.477. The molecule has 0 amide bonds. The molecule has 0 unspecified atom stereocenters. The fraction of sp³-hybridized carbons (Fsp3) is 0.0204. The number of fused-ring (bicyclic) bond motifs is 4. The maximum absolute atomic E-state index is 6.83. The summed E-state index contributed by atoms with van der Waals surface area (Å²) in [4.78, 5) is 7.06. The molecule has 5 heteroatoms. The second-order valence-electron chi connectivity index (χ2n) is 13.6. The van der Waals surface area contributed by atoms with E-state index in [1.807, 2.05) is 12.1 Å². The molecule has 0 aromatic heterocycles. The van der Waals surface area contributed by atoms with Crippen molar-refractivity contribution in [3.8, 4) is 22.6 Å². The Hall–Kier alpha value is -7.24. The third-order valence-corrected chi connectivity index (χ3v) is 10.2. The van der Waals surface area contributed by atoms with Gasteiger partial charge in [0.2, 0.25) is 0 Å². The van der Waals surface area contributed by atoms with Gasteiger partial charge in [0.15, 0.2) is 11.5 Å². The minimum Gasteiger partial charge on any atom is -0.453 e. The van der Waals surface area contributed by atoms with E-state index >= 15 is 0 Å². The van der Waals surface area contributed by atoms with Crippen molar-refractivity contribution < 1.29 is 4.74 Å². The van der Waals surface area contributed by atoms with E-state index < -0.39 is 0 Å². The van der Waals surface area contributed by atoms with Crippen molar-refractivity contribution >= 4 is 62.6 Å². The lowest BCUT2D eigenvalue weighted by Crippen LogP contribution is -2.26. The summed E-state index contributed by atoms with van der Waals surface area (Å²) in [6.45, 7) is 2.21. The number of nitrogens with zero attached hydrogens (tertiary/aromatic N) is 3. The molecule has 54 heavy (non-hydrogen) atoms. The number of hydrogen-bond donors (Lipinski definition) is 1. The first-order valence-corrected chi connectivity index (χ1v) is 18.3. The summed E-state index contributed by atoms with van der Waals surface area (Å²) in [5.74, 6) is 1.64. The Balaban J connectivity index is 1.21. The predicted octanol–water partition coefficient (Wildman–Crippen LogP) is 14.2. The van der Waals surface area contributed by atoms with Gasteiger partial charge in [-0.15, -0.1) is 0 Å². The minimum absolute atomic E-state index is 0.811. The Labute approximate surface area is 315 Å². The topological polar surface area (TPSA) is 31.0 Å². The first-order chi connectivity index (χ1) is 26.7. The van der Waals surface area contributed by atoms with Crippen LogP contribution in [-0.4, -0.2) is 0 Å². The highest BCUT2D eigenvalue weighted by Gasteiger charge is 2.37. The van der Waals surface area contributed by atoms with Crippen molar-refractivity contribution in [1.29, 1.82) is 0 Å². The van der Waals surface area contributed by atoms with Crippen molar-refractivity contribution in [3.05, 3.63) is 200 Å². The average molecular weight is 697 g/mol. The van der Waals surface area contributed by atoms with E-state index in [9.17, 15) is 0 Å². The Bertz CT molecular complexity index is 2590. The molecular formula is C49H36N4O. The molecular weight excluding hydrogens is 661 g/mol. The van der Waals surface area contributed by atoms with Crippen molar-refractivity contribution in [3.63, 3.8) is 0 Å². The SMILES string of the molecule is Cc1cc(-c2cc3c4c(c2)N(c2ccccc2)c2ccccc2N4c2ccccc2O3)cc(Nc2ccccc2)c1N(c1ccccc1)c1ccccc1. The van der Waals surface area contributed by atoms with Crippen LogP contribution in [0, 0.1) is 6.92 Å². The van der Waals surface area contributed by atoms with Crippen molar-refractivity contribution in [2.45, 2.75) is 6.92 Å². The molecule has 0 atom stereocenters. The number of benzene rings is 8. The normalized spacial score (nSPS) is 12.2. The molecule has 8 aromatic carbocycles. The van der Waals surface area contributed by atoms with E-state index in [1.165, 1.54) is 0 Å². The van der Waals surface area contributed by atoms with E-state index in [0.29, 0.717) is 0 Å². The molecule has 10 rings (SSSR count). The first-order valence-electron chi connectivity index (χ1n) is 18.3. The zero-order valence-corrected chi connectivity index (χ0v) is 29.7. The summed E-state index contributed by atoms with van der Waals surface area (Å²) in [6.07, 6.45) is 0. The zero-order chi connectivity index (χ0) is 36.0. The Kier molecular flexibility index (Phi) is 7.62. The smallest absolute Gasteiger partial charge is 0.154 e. The predicted molar refractivity (Wildman–Crippen MR) is 224 cm³/mol. The van der Waals surface area contributed by atoms with E-state index in [4.69, 9.17) is 4.74 Å². The van der Waals surface area contributed by atoms with E-state index in [2.05, 4.69) is 209 Å². The Morgan fingerprint density at radius 3 is 1.67 bits per heavy atom. The Morgan fingerprint density at radius 2 is 1.00 bits per heavy atom. The van der Waals surface area contributed by atoms with Crippen LogP contribution in [0.5, 0.6) is 11.5 Å². The van der Waals surface area contributed by atoms with E-state index in [-0.39, 0.29) is 0 Å². The fourth-order valence-corrected chi connectivity index (χ4v) is 7.85. The minimum atomic E-state index is 0.811.